The molecule has 0 aliphatic carbocycles. The number of carbonyl (C=O) groups is 1. The predicted molar refractivity (Wildman–Crippen MR) is 91.8 cm³/mol. The number of benzene rings is 2. The van der Waals surface area contributed by atoms with Gasteiger partial charge in [0.05, 0.1) is 18.9 Å². The van der Waals surface area contributed by atoms with Crippen molar-refractivity contribution < 1.29 is 22.7 Å². The molecule has 0 spiro atoms. The number of aromatic nitrogens is 1. The number of rotatable bonds is 6. The summed E-state index contributed by atoms with van der Waals surface area (Å²) in [5, 5.41) is 2.75. The summed E-state index contributed by atoms with van der Waals surface area (Å²) in [6.07, 6.45) is 1.74. The number of nitrogens with zero attached hydrogens (tertiary/aromatic N) is 1. The van der Waals surface area contributed by atoms with Crippen molar-refractivity contribution in [1.29, 1.82) is 0 Å². The molecule has 1 amide bonds. The van der Waals surface area contributed by atoms with Crippen LogP contribution in [0, 0.1) is 11.6 Å². The van der Waals surface area contributed by atoms with Crippen molar-refractivity contribution >= 4 is 11.6 Å². The first kappa shape index (κ1) is 17.6. The van der Waals surface area contributed by atoms with E-state index in [-0.39, 0.29) is 30.1 Å². The van der Waals surface area contributed by atoms with Crippen LogP contribution in [0.5, 0.6) is 5.75 Å². The Hall–Kier alpha value is -3.22. The Kier molecular flexibility index (Phi) is 5.26. The third-order valence-corrected chi connectivity index (χ3v) is 3.67. The third kappa shape index (κ3) is 4.24. The zero-order chi connectivity index (χ0) is 18.5. The van der Waals surface area contributed by atoms with Crippen LogP contribution in [0.4, 0.5) is 14.5 Å². The summed E-state index contributed by atoms with van der Waals surface area (Å²) in [6.45, 7) is 0. The maximum absolute atomic E-state index is 13.8. The van der Waals surface area contributed by atoms with Gasteiger partial charge in [-0.05, 0) is 24.3 Å². The average Bonchev–Trinajstić information content (AvgIpc) is 3.09. The van der Waals surface area contributed by atoms with Crippen LogP contribution in [0.3, 0.4) is 0 Å². The molecule has 5 nitrogen and oxygen atoms in total. The second-order valence-corrected chi connectivity index (χ2v) is 5.52. The minimum absolute atomic E-state index is 0.117. The van der Waals surface area contributed by atoms with Crippen molar-refractivity contribution in [3.8, 4) is 17.1 Å². The van der Waals surface area contributed by atoms with Gasteiger partial charge in [0.25, 0.3) is 0 Å². The van der Waals surface area contributed by atoms with Crippen LogP contribution in [0.1, 0.15) is 12.3 Å². The van der Waals surface area contributed by atoms with Crippen LogP contribution in [-0.4, -0.2) is 18.0 Å². The molecule has 134 valence electrons. The molecule has 2 aromatic carbocycles. The lowest BCUT2D eigenvalue weighted by molar-refractivity contribution is -0.116. The fourth-order valence-corrected chi connectivity index (χ4v) is 2.38. The molecule has 0 saturated heterocycles. The molecule has 1 N–H and O–H groups in total. The molecular formula is C19H16F2N2O3. The summed E-state index contributed by atoms with van der Waals surface area (Å²) in [7, 11) is 1.55. The Morgan fingerprint density at radius 2 is 2.08 bits per heavy atom. The molecule has 0 unspecified atom stereocenters. The molecule has 0 saturated carbocycles. The highest BCUT2D eigenvalue weighted by Gasteiger charge is 2.13. The molecule has 0 aliphatic rings. The molecule has 0 fully saturated rings. The van der Waals surface area contributed by atoms with Crippen LogP contribution in [0.25, 0.3) is 11.3 Å². The Morgan fingerprint density at radius 1 is 1.23 bits per heavy atom. The molecular weight excluding hydrogens is 342 g/mol. The summed E-state index contributed by atoms with van der Waals surface area (Å²) < 4.78 is 37.3. The van der Waals surface area contributed by atoms with Gasteiger partial charge < -0.3 is 14.5 Å². The molecule has 1 aromatic heterocycles. The summed E-state index contributed by atoms with van der Waals surface area (Å²) in [5.74, 6) is -0.494. The third-order valence-electron chi connectivity index (χ3n) is 3.67. The summed E-state index contributed by atoms with van der Waals surface area (Å²) in [5.41, 5.74) is 0.738. The number of aryl methyl sites for hydroxylation is 1. The Labute approximate surface area is 148 Å². The van der Waals surface area contributed by atoms with Crippen LogP contribution < -0.4 is 10.1 Å². The van der Waals surface area contributed by atoms with Gasteiger partial charge in [0, 0.05) is 30.7 Å². The number of methoxy groups -OCH3 is 1. The number of ether oxygens (including phenoxy) is 1. The van der Waals surface area contributed by atoms with Gasteiger partial charge in [0.2, 0.25) is 5.91 Å². The van der Waals surface area contributed by atoms with Crippen LogP contribution in [-0.2, 0) is 11.2 Å². The van der Waals surface area contributed by atoms with Crippen molar-refractivity contribution in [2.45, 2.75) is 12.8 Å². The molecule has 0 bridgehead atoms. The van der Waals surface area contributed by atoms with E-state index in [2.05, 4.69) is 10.3 Å². The molecule has 3 rings (SSSR count). The van der Waals surface area contributed by atoms with Crippen LogP contribution >= 0.6 is 0 Å². The van der Waals surface area contributed by atoms with Crippen molar-refractivity contribution in [1.82, 2.24) is 4.98 Å². The first-order valence-corrected chi connectivity index (χ1v) is 7.89. The number of oxazole rings is 1. The second-order valence-electron chi connectivity index (χ2n) is 5.52. The zero-order valence-electron chi connectivity index (χ0n) is 14.0. The van der Waals surface area contributed by atoms with E-state index < -0.39 is 11.6 Å². The van der Waals surface area contributed by atoms with E-state index in [9.17, 15) is 13.6 Å². The number of carbonyl (C=O) groups excluding carboxylic acids is 1. The zero-order valence-corrected chi connectivity index (χ0v) is 14.0. The smallest absolute Gasteiger partial charge is 0.224 e. The average molecular weight is 358 g/mol. The highest BCUT2D eigenvalue weighted by Crippen LogP contribution is 2.24. The first-order valence-electron chi connectivity index (χ1n) is 7.89. The van der Waals surface area contributed by atoms with E-state index in [0.717, 1.165) is 12.1 Å². The lowest BCUT2D eigenvalue weighted by Gasteiger charge is -2.06. The topological polar surface area (TPSA) is 64.4 Å². The number of halogens is 2. The van der Waals surface area contributed by atoms with Gasteiger partial charge >= 0.3 is 0 Å². The van der Waals surface area contributed by atoms with Gasteiger partial charge in [0.15, 0.2) is 11.7 Å². The number of nitrogens with one attached hydrogen (secondary N) is 1. The number of hydrogen-bond donors (Lipinski definition) is 1. The van der Waals surface area contributed by atoms with Crippen molar-refractivity contribution in [2.24, 2.45) is 0 Å². The minimum Gasteiger partial charge on any atom is -0.497 e. The summed E-state index contributed by atoms with van der Waals surface area (Å²) in [4.78, 5) is 16.1. The highest BCUT2D eigenvalue weighted by molar-refractivity contribution is 5.90. The van der Waals surface area contributed by atoms with E-state index in [1.54, 1.807) is 31.4 Å². The standard InChI is InChI=1S/C19H16F2N2O3/c1-25-14-4-2-3-13(10-14)23-18(24)7-8-19-22-11-17(26-19)15-6-5-12(20)9-16(15)21/h2-6,9-11H,7-8H2,1H3,(H,23,24). The second kappa shape index (κ2) is 7.77. The fourth-order valence-electron chi connectivity index (χ4n) is 2.38. The molecule has 7 heteroatoms. The largest absolute Gasteiger partial charge is 0.497 e. The first-order chi connectivity index (χ1) is 12.5. The normalized spacial score (nSPS) is 10.6. The number of amides is 1. The number of anilines is 1. The van der Waals surface area contributed by atoms with Crippen molar-refractivity contribution in [3.63, 3.8) is 0 Å². The molecule has 0 radical (unpaired) electrons. The SMILES string of the molecule is COc1cccc(NC(=O)CCc2ncc(-c3ccc(F)cc3F)o2)c1. The number of hydrogen-bond acceptors (Lipinski definition) is 4. The maximum Gasteiger partial charge on any atom is 0.224 e. The molecule has 1 heterocycles. The quantitative estimate of drug-likeness (QED) is 0.717. The minimum atomic E-state index is -0.733. The Balaban J connectivity index is 1.60. The molecule has 0 aliphatic heterocycles. The highest BCUT2D eigenvalue weighted by atomic mass is 19.1. The van der Waals surface area contributed by atoms with E-state index in [1.165, 1.54) is 12.3 Å². The van der Waals surface area contributed by atoms with Gasteiger partial charge in [-0.1, -0.05) is 6.07 Å². The predicted octanol–water partition coefficient (Wildman–Crippen LogP) is 4.20. The van der Waals surface area contributed by atoms with E-state index in [1.807, 2.05) is 0 Å². The van der Waals surface area contributed by atoms with Crippen LogP contribution in [0.2, 0.25) is 0 Å². The molecule has 26 heavy (non-hydrogen) atoms. The maximum atomic E-state index is 13.8. The van der Waals surface area contributed by atoms with Gasteiger partial charge in [-0.25, -0.2) is 13.8 Å². The van der Waals surface area contributed by atoms with Gasteiger partial charge in [-0.15, -0.1) is 0 Å². The van der Waals surface area contributed by atoms with Gasteiger partial charge in [0.1, 0.15) is 17.4 Å². The van der Waals surface area contributed by atoms with Gasteiger partial charge in [-0.3, -0.25) is 4.79 Å². The van der Waals surface area contributed by atoms with E-state index in [0.29, 0.717) is 17.3 Å². The van der Waals surface area contributed by atoms with Crippen molar-refractivity contribution in [3.05, 3.63) is 66.2 Å². The lowest BCUT2D eigenvalue weighted by atomic mass is 10.2. The summed E-state index contributed by atoms with van der Waals surface area (Å²) >= 11 is 0. The Bertz CT molecular complexity index is 925. The van der Waals surface area contributed by atoms with E-state index >= 15 is 0 Å². The summed E-state index contributed by atoms with van der Waals surface area (Å²) in [6, 6.07) is 10.2. The molecule has 0 atom stereocenters. The van der Waals surface area contributed by atoms with Crippen molar-refractivity contribution in [2.75, 3.05) is 12.4 Å². The Morgan fingerprint density at radius 3 is 2.85 bits per heavy atom. The molecule has 3 aromatic rings. The fraction of sp³-hybridized carbons (Fsp3) is 0.158. The van der Waals surface area contributed by atoms with Gasteiger partial charge in [-0.2, -0.15) is 0 Å². The van der Waals surface area contributed by atoms with E-state index in [4.69, 9.17) is 9.15 Å². The van der Waals surface area contributed by atoms with Crippen LogP contribution in [0.15, 0.2) is 53.1 Å². The monoisotopic (exact) mass is 358 g/mol. The lowest BCUT2D eigenvalue weighted by Crippen LogP contribution is -2.12.